The smallest absolute Gasteiger partial charge is 0.240 e. The van der Waals surface area contributed by atoms with Crippen LogP contribution in [0.3, 0.4) is 0 Å². The van der Waals surface area contributed by atoms with Crippen molar-refractivity contribution in [3.8, 4) is 5.75 Å². The monoisotopic (exact) mass is 292 g/mol. The molecule has 2 unspecified atom stereocenters. The lowest BCUT2D eigenvalue weighted by Crippen LogP contribution is -2.51. The molecule has 21 heavy (non-hydrogen) atoms. The van der Waals surface area contributed by atoms with Gasteiger partial charge < -0.3 is 20.8 Å². The second kappa shape index (κ2) is 7.43. The van der Waals surface area contributed by atoms with Crippen LogP contribution in [0.15, 0.2) is 24.3 Å². The maximum atomic E-state index is 12.5. The van der Waals surface area contributed by atoms with Gasteiger partial charge in [-0.05, 0) is 49.8 Å². The number of benzene rings is 1. The van der Waals surface area contributed by atoms with Crippen molar-refractivity contribution in [3.05, 3.63) is 29.8 Å². The Bertz CT molecular complexity index is 459. The molecule has 1 aromatic carbocycles. The van der Waals surface area contributed by atoms with E-state index in [9.17, 15) is 9.90 Å². The van der Waals surface area contributed by atoms with Crippen LogP contribution < -0.4 is 5.73 Å². The molecule has 0 spiro atoms. The summed E-state index contributed by atoms with van der Waals surface area (Å²) in [6.45, 7) is 0.828. The number of carbonyl (C=O) groups is 1. The van der Waals surface area contributed by atoms with Gasteiger partial charge in [-0.25, -0.2) is 0 Å². The Balaban J connectivity index is 1.98. The average molecular weight is 292 g/mol. The Morgan fingerprint density at radius 1 is 1.33 bits per heavy atom. The van der Waals surface area contributed by atoms with Crippen LogP contribution in [0.2, 0.25) is 0 Å². The van der Waals surface area contributed by atoms with E-state index in [4.69, 9.17) is 10.8 Å². The van der Waals surface area contributed by atoms with Crippen molar-refractivity contribution in [2.45, 2.75) is 44.2 Å². The third-order valence-electron chi connectivity index (χ3n) is 4.08. The van der Waals surface area contributed by atoms with Gasteiger partial charge in [0.25, 0.3) is 0 Å². The molecule has 2 atom stereocenters. The molecule has 0 bridgehead atoms. The largest absolute Gasteiger partial charge is 0.508 e. The first-order valence-electron chi connectivity index (χ1n) is 7.56. The van der Waals surface area contributed by atoms with E-state index in [0.717, 1.165) is 31.4 Å². The molecule has 1 aromatic rings. The van der Waals surface area contributed by atoms with Crippen molar-refractivity contribution in [1.82, 2.24) is 4.90 Å². The molecule has 5 heteroatoms. The van der Waals surface area contributed by atoms with Gasteiger partial charge in [0, 0.05) is 19.2 Å². The Labute approximate surface area is 125 Å². The number of carbonyl (C=O) groups excluding carboxylic acids is 1. The third kappa shape index (κ3) is 4.19. The zero-order valence-corrected chi connectivity index (χ0v) is 12.2. The normalized spacial score (nSPS) is 20.3. The van der Waals surface area contributed by atoms with Crippen LogP contribution in [0.5, 0.6) is 5.75 Å². The Morgan fingerprint density at radius 2 is 2.05 bits per heavy atom. The van der Waals surface area contributed by atoms with Gasteiger partial charge in [-0.3, -0.25) is 4.79 Å². The van der Waals surface area contributed by atoms with Gasteiger partial charge in [-0.2, -0.15) is 0 Å². The van der Waals surface area contributed by atoms with E-state index in [2.05, 4.69) is 0 Å². The summed E-state index contributed by atoms with van der Waals surface area (Å²) in [5.41, 5.74) is 6.99. The molecular formula is C16H24N2O3. The van der Waals surface area contributed by atoms with Crippen molar-refractivity contribution >= 4 is 5.91 Å². The van der Waals surface area contributed by atoms with Gasteiger partial charge in [-0.1, -0.05) is 12.1 Å². The molecule has 1 fully saturated rings. The Kier molecular flexibility index (Phi) is 5.59. The molecule has 1 aliphatic rings. The highest BCUT2D eigenvalue weighted by Crippen LogP contribution is 2.21. The van der Waals surface area contributed by atoms with Gasteiger partial charge in [0.15, 0.2) is 0 Å². The fourth-order valence-electron chi connectivity index (χ4n) is 2.93. The molecular weight excluding hydrogens is 268 g/mol. The molecule has 0 radical (unpaired) electrons. The lowest BCUT2D eigenvalue weighted by atomic mass is 9.97. The molecule has 0 aromatic heterocycles. The lowest BCUT2D eigenvalue weighted by Gasteiger charge is -2.37. The van der Waals surface area contributed by atoms with E-state index in [1.165, 1.54) is 0 Å². The van der Waals surface area contributed by atoms with Gasteiger partial charge >= 0.3 is 0 Å². The van der Waals surface area contributed by atoms with E-state index in [1.807, 2.05) is 4.90 Å². The second-order valence-electron chi connectivity index (χ2n) is 5.67. The quantitative estimate of drug-likeness (QED) is 0.756. The molecule has 1 aliphatic heterocycles. The summed E-state index contributed by atoms with van der Waals surface area (Å²) in [7, 11) is 0. The first-order chi connectivity index (χ1) is 10.1. The van der Waals surface area contributed by atoms with E-state index < -0.39 is 6.04 Å². The van der Waals surface area contributed by atoms with Crippen LogP contribution in [0, 0.1) is 0 Å². The van der Waals surface area contributed by atoms with E-state index in [1.54, 1.807) is 24.3 Å². The van der Waals surface area contributed by atoms with Crippen molar-refractivity contribution in [2.24, 2.45) is 5.73 Å². The molecule has 1 amide bonds. The maximum absolute atomic E-state index is 12.5. The number of hydrogen-bond acceptors (Lipinski definition) is 4. The standard InChI is InChI=1S/C16H24N2O3/c17-15(11-12-4-6-14(20)7-5-12)16(21)18-9-2-1-3-13(18)8-10-19/h4-7,13,15,19-20H,1-3,8-11,17H2. The van der Waals surface area contributed by atoms with E-state index in [0.29, 0.717) is 12.8 Å². The van der Waals surface area contributed by atoms with E-state index in [-0.39, 0.29) is 24.3 Å². The Morgan fingerprint density at radius 3 is 2.71 bits per heavy atom. The number of amides is 1. The number of nitrogens with zero attached hydrogens (tertiary/aromatic N) is 1. The predicted molar refractivity (Wildman–Crippen MR) is 80.8 cm³/mol. The topological polar surface area (TPSA) is 86.8 Å². The fourth-order valence-corrected chi connectivity index (χ4v) is 2.93. The van der Waals surface area contributed by atoms with Crippen molar-refractivity contribution in [3.63, 3.8) is 0 Å². The van der Waals surface area contributed by atoms with Gasteiger partial charge in [0.2, 0.25) is 5.91 Å². The van der Waals surface area contributed by atoms with Crippen LogP contribution in [-0.2, 0) is 11.2 Å². The predicted octanol–water partition coefficient (Wildman–Crippen LogP) is 1.03. The number of phenols is 1. The van der Waals surface area contributed by atoms with Gasteiger partial charge in [0.1, 0.15) is 5.75 Å². The average Bonchev–Trinajstić information content (AvgIpc) is 2.50. The van der Waals surface area contributed by atoms with Crippen molar-refractivity contribution < 1.29 is 15.0 Å². The van der Waals surface area contributed by atoms with Crippen LogP contribution in [0.1, 0.15) is 31.2 Å². The Hall–Kier alpha value is -1.59. The van der Waals surface area contributed by atoms with Gasteiger partial charge in [0.05, 0.1) is 6.04 Å². The fraction of sp³-hybridized carbons (Fsp3) is 0.562. The van der Waals surface area contributed by atoms with Crippen LogP contribution in [-0.4, -0.2) is 46.3 Å². The number of piperidine rings is 1. The summed E-state index contributed by atoms with van der Waals surface area (Å²) >= 11 is 0. The van der Waals surface area contributed by atoms with Crippen LogP contribution >= 0.6 is 0 Å². The molecule has 2 rings (SSSR count). The minimum absolute atomic E-state index is 0.0405. The summed E-state index contributed by atoms with van der Waals surface area (Å²) in [6.07, 6.45) is 4.12. The summed E-state index contributed by atoms with van der Waals surface area (Å²) in [5.74, 6) is 0.166. The number of aliphatic hydroxyl groups is 1. The molecule has 1 saturated heterocycles. The summed E-state index contributed by atoms with van der Waals surface area (Å²) in [6, 6.07) is 6.30. The van der Waals surface area contributed by atoms with Gasteiger partial charge in [-0.15, -0.1) is 0 Å². The lowest BCUT2D eigenvalue weighted by molar-refractivity contribution is -0.136. The highest BCUT2D eigenvalue weighted by molar-refractivity contribution is 5.82. The number of rotatable bonds is 5. The van der Waals surface area contributed by atoms with Crippen molar-refractivity contribution in [1.29, 1.82) is 0 Å². The molecule has 4 N–H and O–H groups in total. The third-order valence-corrected chi connectivity index (χ3v) is 4.08. The zero-order chi connectivity index (χ0) is 15.2. The van der Waals surface area contributed by atoms with E-state index >= 15 is 0 Å². The zero-order valence-electron chi connectivity index (χ0n) is 12.2. The number of likely N-dealkylation sites (tertiary alicyclic amines) is 1. The molecule has 0 saturated carbocycles. The number of aliphatic hydroxyl groups excluding tert-OH is 1. The van der Waals surface area contributed by atoms with Crippen LogP contribution in [0.4, 0.5) is 0 Å². The molecule has 1 heterocycles. The minimum Gasteiger partial charge on any atom is -0.508 e. The molecule has 5 nitrogen and oxygen atoms in total. The SMILES string of the molecule is NC(Cc1ccc(O)cc1)C(=O)N1CCCCC1CCO. The molecule has 0 aliphatic carbocycles. The first kappa shape index (κ1) is 15.8. The van der Waals surface area contributed by atoms with Crippen LogP contribution in [0.25, 0.3) is 0 Å². The number of hydrogen-bond donors (Lipinski definition) is 3. The highest BCUT2D eigenvalue weighted by atomic mass is 16.3. The minimum atomic E-state index is -0.575. The highest BCUT2D eigenvalue weighted by Gasteiger charge is 2.29. The maximum Gasteiger partial charge on any atom is 0.240 e. The second-order valence-corrected chi connectivity index (χ2v) is 5.67. The number of nitrogens with two attached hydrogens (primary N) is 1. The summed E-state index contributed by atoms with van der Waals surface area (Å²) < 4.78 is 0. The number of aromatic hydroxyl groups is 1. The summed E-state index contributed by atoms with van der Waals surface area (Å²) in [5, 5.41) is 18.4. The first-order valence-corrected chi connectivity index (χ1v) is 7.56. The summed E-state index contributed by atoms with van der Waals surface area (Å²) in [4.78, 5) is 14.4. The van der Waals surface area contributed by atoms with Crippen molar-refractivity contribution in [2.75, 3.05) is 13.2 Å². The molecule has 116 valence electrons. The number of phenolic OH excluding ortho intramolecular Hbond substituents is 1.